The van der Waals surface area contributed by atoms with Gasteiger partial charge in [0.1, 0.15) is 18.2 Å². The van der Waals surface area contributed by atoms with E-state index in [2.05, 4.69) is 15.9 Å². The number of alkyl halides is 1. The summed E-state index contributed by atoms with van der Waals surface area (Å²) in [5.74, 6) is 0.940. The number of carbonyl (C=O) groups excluding carboxylic acids is 1. The molecule has 1 fully saturated rings. The third-order valence-corrected chi connectivity index (χ3v) is 7.39. The van der Waals surface area contributed by atoms with Crippen LogP contribution in [0, 0.1) is 11.7 Å². The Balaban J connectivity index is 1.61. The maximum atomic E-state index is 13.6. The van der Waals surface area contributed by atoms with Crippen molar-refractivity contribution in [3.63, 3.8) is 0 Å². The molecule has 34 heavy (non-hydrogen) atoms. The zero-order valence-electron chi connectivity index (χ0n) is 19.2. The lowest BCUT2D eigenvalue weighted by molar-refractivity contribution is 0.0734. The van der Waals surface area contributed by atoms with Crippen LogP contribution in [0.5, 0.6) is 5.75 Å². The molecule has 6 heteroatoms. The van der Waals surface area contributed by atoms with Gasteiger partial charge in [0.05, 0.1) is 7.11 Å². The van der Waals surface area contributed by atoms with Gasteiger partial charge in [-0.15, -0.1) is 0 Å². The van der Waals surface area contributed by atoms with E-state index in [1.165, 1.54) is 12.1 Å². The number of nitrogens with zero attached hydrogens (tertiary/aromatic N) is 1. The lowest BCUT2D eigenvalue weighted by atomic mass is 9.87. The second-order valence-electron chi connectivity index (χ2n) is 8.65. The Morgan fingerprint density at radius 2 is 1.68 bits per heavy atom. The summed E-state index contributed by atoms with van der Waals surface area (Å²) in [7, 11) is 1.63. The lowest BCUT2D eigenvalue weighted by Gasteiger charge is -2.34. The van der Waals surface area contributed by atoms with Crippen molar-refractivity contribution in [3.05, 3.63) is 101 Å². The maximum absolute atomic E-state index is 13.6. The molecule has 3 atom stereocenters. The van der Waals surface area contributed by atoms with Crippen LogP contribution in [-0.2, 0) is 17.9 Å². The molecule has 3 aromatic carbocycles. The molecule has 0 heterocycles. The van der Waals surface area contributed by atoms with E-state index in [-0.39, 0.29) is 30.5 Å². The predicted molar refractivity (Wildman–Crippen MR) is 135 cm³/mol. The molecule has 0 aromatic heterocycles. The zero-order valence-corrected chi connectivity index (χ0v) is 20.8. The largest absolute Gasteiger partial charge is 0.497 e. The van der Waals surface area contributed by atoms with Crippen LogP contribution in [-0.4, -0.2) is 29.5 Å². The minimum atomic E-state index is -0.341. The molecule has 1 aliphatic carbocycles. The van der Waals surface area contributed by atoms with Crippen molar-refractivity contribution in [3.8, 4) is 5.75 Å². The first kappa shape index (κ1) is 24.3. The van der Waals surface area contributed by atoms with E-state index in [0.717, 1.165) is 40.6 Å². The highest BCUT2D eigenvalue weighted by atomic mass is 79.9. The van der Waals surface area contributed by atoms with Gasteiger partial charge in [-0.05, 0) is 59.7 Å². The summed E-state index contributed by atoms with van der Waals surface area (Å²) in [6.07, 6.45) is 1.49. The van der Waals surface area contributed by atoms with Crippen molar-refractivity contribution in [1.82, 2.24) is 4.90 Å². The summed E-state index contributed by atoms with van der Waals surface area (Å²) in [5.41, 5.74) is 2.99. The van der Waals surface area contributed by atoms with Gasteiger partial charge < -0.3 is 14.4 Å². The van der Waals surface area contributed by atoms with Crippen molar-refractivity contribution in [2.75, 3.05) is 12.4 Å². The van der Waals surface area contributed by atoms with Crippen LogP contribution in [0.4, 0.5) is 9.18 Å². The number of hydrogen-bond donors (Lipinski definition) is 0. The lowest BCUT2D eigenvalue weighted by Crippen LogP contribution is -2.42. The minimum Gasteiger partial charge on any atom is -0.497 e. The fraction of sp³-hybridized carbons (Fsp3) is 0.321. The molecule has 1 saturated carbocycles. The van der Waals surface area contributed by atoms with Crippen LogP contribution >= 0.6 is 15.9 Å². The van der Waals surface area contributed by atoms with E-state index in [1.54, 1.807) is 7.11 Å². The average Bonchev–Trinajstić information content (AvgIpc) is 3.31. The van der Waals surface area contributed by atoms with Crippen molar-refractivity contribution in [2.24, 2.45) is 5.92 Å². The Morgan fingerprint density at radius 3 is 2.32 bits per heavy atom. The molecule has 1 amide bonds. The Hall–Kier alpha value is -2.86. The topological polar surface area (TPSA) is 38.8 Å². The Morgan fingerprint density at radius 1 is 0.971 bits per heavy atom. The highest BCUT2D eigenvalue weighted by molar-refractivity contribution is 9.09. The first-order chi connectivity index (χ1) is 16.6. The molecule has 4 nitrogen and oxygen atoms in total. The smallest absolute Gasteiger partial charge is 0.410 e. The number of amides is 1. The van der Waals surface area contributed by atoms with Crippen LogP contribution in [0.2, 0.25) is 0 Å². The fourth-order valence-corrected chi connectivity index (χ4v) is 5.53. The van der Waals surface area contributed by atoms with Crippen LogP contribution in [0.3, 0.4) is 0 Å². The van der Waals surface area contributed by atoms with Gasteiger partial charge in [-0.3, -0.25) is 0 Å². The van der Waals surface area contributed by atoms with Crippen molar-refractivity contribution >= 4 is 22.0 Å². The summed E-state index contributed by atoms with van der Waals surface area (Å²) in [4.78, 5) is 15.3. The summed E-state index contributed by atoms with van der Waals surface area (Å²) >= 11 is 3.66. The average molecular weight is 526 g/mol. The first-order valence-corrected chi connectivity index (χ1v) is 12.6. The van der Waals surface area contributed by atoms with Gasteiger partial charge in [-0.25, -0.2) is 9.18 Å². The SMILES string of the molecule is COc1ccc(CN(C(=O)OCc2ccccc2)[C@H]2CC[C@H](CBr)[C@H]2c2ccc(F)cc2)cc1. The summed E-state index contributed by atoms with van der Waals surface area (Å²) in [6.45, 7) is 0.642. The van der Waals surface area contributed by atoms with Gasteiger partial charge in [0.15, 0.2) is 0 Å². The van der Waals surface area contributed by atoms with Crippen LogP contribution in [0.25, 0.3) is 0 Å². The molecule has 0 N–H and O–H groups in total. The second-order valence-corrected chi connectivity index (χ2v) is 9.30. The molecule has 0 unspecified atom stereocenters. The molecular weight excluding hydrogens is 497 g/mol. The standard InChI is InChI=1S/C28H29BrFNO3/c1-33-25-14-7-20(8-15-25)18-31(28(32)34-19-21-5-3-2-4-6-21)26-16-11-23(17-29)27(26)22-9-12-24(30)13-10-22/h2-10,12-15,23,26-27H,11,16-19H2,1H3/t23-,26+,27-/m1/s1. The van der Waals surface area contributed by atoms with E-state index in [4.69, 9.17) is 9.47 Å². The van der Waals surface area contributed by atoms with Gasteiger partial charge in [0.2, 0.25) is 0 Å². The molecule has 0 radical (unpaired) electrons. The van der Waals surface area contributed by atoms with E-state index in [9.17, 15) is 9.18 Å². The molecule has 1 aliphatic rings. The van der Waals surface area contributed by atoms with Crippen molar-refractivity contribution < 1.29 is 18.7 Å². The number of halogens is 2. The Bertz CT molecular complexity index is 1060. The van der Waals surface area contributed by atoms with Gasteiger partial charge in [0, 0.05) is 23.8 Å². The Labute approximate surface area is 208 Å². The van der Waals surface area contributed by atoms with Crippen LogP contribution in [0.15, 0.2) is 78.9 Å². The fourth-order valence-electron chi connectivity index (χ4n) is 4.81. The highest BCUT2D eigenvalue weighted by Gasteiger charge is 2.42. The monoisotopic (exact) mass is 525 g/mol. The molecular formula is C28H29BrFNO3. The number of carbonyl (C=O) groups is 1. The third-order valence-electron chi connectivity index (χ3n) is 6.56. The maximum Gasteiger partial charge on any atom is 0.410 e. The first-order valence-electron chi connectivity index (χ1n) is 11.5. The van der Waals surface area contributed by atoms with E-state index in [0.29, 0.717) is 12.5 Å². The molecule has 178 valence electrons. The number of rotatable bonds is 8. The van der Waals surface area contributed by atoms with Gasteiger partial charge in [-0.2, -0.15) is 0 Å². The third kappa shape index (κ3) is 5.79. The summed E-state index contributed by atoms with van der Waals surface area (Å²) in [5, 5.41) is 0.820. The molecule has 3 aromatic rings. The minimum absolute atomic E-state index is 0.0570. The van der Waals surface area contributed by atoms with Crippen LogP contribution in [0.1, 0.15) is 35.4 Å². The summed E-state index contributed by atoms with van der Waals surface area (Å²) in [6, 6.07) is 24.1. The second kappa shape index (κ2) is 11.5. The highest BCUT2D eigenvalue weighted by Crippen LogP contribution is 2.44. The molecule has 0 aliphatic heterocycles. The number of ether oxygens (including phenoxy) is 2. The molecule has 0 saturated heterocycles. The summed E-state index contributed by atoms with van der Waals surface area (Å²) < 4.78 is 24.7. The van der Waals surface area contributed by atoms with Gasteiger partial charge in [-0.1, -0.05) is 70.5 Å². The van der Waals surface area contributed by atoms with Gasteiger partial charge in [0.25, 0.3) is 0 Å². The van der Waals surface area contributed by atoms with E-state index in [1.807, 2.05) is 71.6 Å². The van der Waals surface area contributed by atoms with Gasteiger partial charge >= 0.3 is 6.09 Å². The molecule has 0 bridgehead atoms. The van der Waals surface area contributed by atoms with Crippen molar-refractivity contribution in [1.29, 1.82) is 0 Å². The molecule has 4 rings (SSSR count). The van der Waals surface area contributed by atoms with Crippen LogP contribution < -0.4 is 4.74 Å². The normalized spacial score (nSPS) is 19.6. The van der Waals surface area contributed by atoms with E-state index < -0.39 is 0 Å². The van der Waals surface area contributed by atoms with Crippen molar-refractivity contribution in [2.45, 2.75) is 38.0 Å². The number of methoxy groups -OCH3 is 1. The zero-order chi connectivity index (χ0) is 23.9. The quantitative estimate of drug-likeness (QED) is 0.299. The number of hydrogen-bond acceptors (Lipinski definition) is 3. The molecule has 0 spiro atoms. The predicted octanol–water partition coefficient (Wildman–Crippen LogP) is 6.93. The van der Waals surface area contributed by atoms with E-state index >= 15 is 0 Å². The number of benzene rings is 3. The Kier molecular flexibility index (Phi) is 8.22.